The van der Waals surface area contributed by atoms with Crippen molar-refractivity contribution in [2.45, 2.75) is 420 Å². The van der Waals surface area contributed by atoms with Crippen molar-refractivity contribution in [2.75, 3.05) is 39.6 Å². The van der Waals surface area contributed by atoms with Crippen molar-refractivity contribution in [1.29, 1.82) is 0 Å². The highest BCUT2D eigenvalue weighted by atomic mass is 31.2. The van der Waals surface area contributed by atoms with E-state index in [0.717, 1.165) is 120 Å². The number of carbonyl (C=O) groups is 4. The summed E-state index contributed by atoms with van der Waals surface area (Å²) in [6.07, 6.45) is 54.0. The minimum Gasteiger partial charge on any atom is -0.462 e. The highest BCUT2D eigenvalue weighted by Gasteiger charge is 2.30. The number of hydrogen-bond donors (Lipinski definition) is 3. The third-order valence-corrected chi connectivity index (χ3v) is 20.9. The molecule has 0 aliphatic rings. The predicted molar refractivity (Wildman–Crippen MR) is 400 cm³/mol. The Morgan fingerprint density at radius 3 is 0.724 bits per heavy atom. The Balaban J connectivity index is 5.24. The summed E-state index contributed by atoms with van der Waals surface area (Å²) in [5.41, 5.74) is 0. The van der Waals surface area contributed by atoms with Crippen LogP contribution in [0.2, 0.25) is 0 Å². The number of ether oxygens (including phenoxy) is 4. The number of aliphatic hydroxyl groups is 1. The lowest BCUT2D eigenvalue weighted by Crippen LogP contribution is -2.30. The SMILES string of the molecule is CCC(C)CCCCCCCCCCCCCCCCC(=O)O[C@H](COC(=O)CCCCCCCCC(C)CC)COP(=O)(O)OC[C@H](O)COP(=O)(O)OC[C@@H](COC(=O)CCCCCCCCCCCCCCCC(C)C)OC(=O)CCCCCCCCCCCCCC(C)C. The summed E-state index contributed by atoms with van der Waals surface area (Å²) in [7, 11) is -9.92. The number of carbonyl (C=O) groups excluding carboxylic acids is 4. The third-order valence-electron chi connectivity index (χ3n) is 19.0. The third kappa shape index (κ3) is 69.8. The Bertz CT molecular complexity index is 1920. The molecule has 582 valence electrons. The molecule has 0 fully saturated rings. The molecule has 0 radical (unpaired) electrons. The molecule has 3 N–H and O–H groups in total. The zero-order chi connectivity index (χ0) is 72.4. The molecular formula is C79H154O17P2. The number of unbranched alkanes of at least 4 members (excludes halogenated alkanes) is 40. The fourth-order valence-electron chi connectivity index (χ4n) is 12.0. The lowest BCUT2D eigenvalue weighted by molar-refractivity contribution is -0.161. The van der Waals surface area contributed by atoms with Crippen LogP contribution in [0.15, 0.2) is 0 Å². The molecule has 0 aliphatic heterocycles. The molecule has 0 aromatic carbocycles. The molecule has 0 spiro atoms. The first-order valence-corrected chi connectivity index (χ1v) is 43.8. The second kappa shape index (κ2) is 68.2. The van der Waals surface area contributed by atoms with Crippen LogP contribution in [0, 0.1) is 23.7 Å². The van der Waals surface area contributed by atoms with Crippen LogP contribution in [0.3, 0.4) is 0 Å². The molecule has 0 bridgehead atoms. The van der Waals surface area contributed by atoms with Gasteiger partial charge in [0.15, 0.2) is 12.2 Å². The molecule has 0 rings (SSSR count). The Hall–Kier alpha value is -1.94. The van der Waals surface area contributed by atoms with Gasteiger partial charge >= 0.3 is 39.5 Å². The molecule has 4 unspecified atom stereocenters. The van der Waals surface area contributed by atoms with E-state index in [-0.39, 0.29) is 25.7 Å². The zero-order valence-electron chi connectivity index (χ0n) is 64.4. The van der Waals surface area contributed by atoms with Gasteiger partial charge in [-0.3, -0.25) is 37.3 Å². The van der Waals surface area contributed by atoms with Gasteiger partial charge in [-0.25, -0.2) is 9.13 Å². The van der Waals surface area contributed by atoms with E-state index in [1.807, 2.05) is 0 Å². The van der Waals surface area contributed by atoms with Crippen LogP contribution < -0.4 is 0 Å². The van der Waals surface area contributed by atoms with Gasteiger partial charge < -0.3 is 33.8 Å². The van der Waals surface area contributed by atoms with E-state index in [1.54, 1.807) is 0 Å². The molecule has 17 nitrogen and oxygen atoms in total. The fraction of sp³-hybridized carbons (Fsp3) is 0.949. The summed E-state index contributed by atoms with van der Waals surface area (Å²) >= 11 is 0. The van der Waals surface area contributed by atoms with Crippen LogP contribution in [-0.4, -0.2) is 96.7 Å². The first kappa shape index (κ1) is 96.1. The first-order chi connectivity index (χ1) is 47.2. The van der Waals surface area contributed by atoms with Crippen LogP contribution in [0.1, 0.15) is 402 Å². The minimum absolute atomic E-state index is 0.106. The molecule has 0 aromatic rings. The van der Waals surface area contributed by atoms with Crippen LogP contribution in [-0.2, 0) is 65.4 Å². The Morgan fingerprint density at radius 1 is 0.286 bits per heavy atom. The van der Waals surface area contributed by atoms with Crippen LogP contribution >= 0.6 is 15.6 Å². The zero-order valence-corrected chi connectivity index (χ0v) is 66.2. The number of hydrogen-bond acceptors (Lipinski definition) is 15. The molecular weight excluding hydrogens is 1280 g/mol. The maximum atomic E-state index is 13.1. The van der Waals surface area contributed by atoms with Crippen molar-refractivity contribution < 1.29 is 80.2 Å². The summed E-state index contributed by atoms with van der Waals surface area (Å²) in [6, 6.07) is 0. The van der Waals surface area contributed by atoms with Gasteiger partial charge in [0.2, 0.25) is 0 Å². The quantitative estimate of drug-likeness (QED) is 0.0222. The molecule has 98 heavy (non-hydrogen) atoms. The maximum absolute atomic E-state index is 13.1. The largest absolute Gasteiger partial charge is 0.472 e. The number of phosphoric ester groups is 2. The van der Waals surface area contributed by atoms with E-state index in [0.29, 0.717) is 25.7 Å². The second-order valence-corrected chi connectivity index (χ2v) is 32.8. The van der Waals surface area contributed by atoms with Crippen molar-refractivity contribution in [3.05, 3.63) is 0 Å². The average molecular weight is 1440 g/mol. The Kier molecular flexibility index (Phi) is 66.8. The van der Waals surface area contributed by atoms with Gasteiger partial charge in [-0.05, 0) is 49.4 Å². The summed E-state index contributed by atoms with van der Waals surface area (Å²) in [6.45, 7) is 14.3. The van der Waals surface area contributed by atoms with Crippen molar-refractivity contribution in [3.63, 3.8) is 0 Å². The molecule has 0 saturated heterocycles. The molecule has 0 aliphatic carbocycles. The van der Waals surface area contributed by atoms with Gasteiger partial charge in [0.25, 0.3) is 0 Å². The first-order valence-electron chi connectivity index (χ1n) is 40.8. The van der Waals surface area contributed by atoms with Crippen molar-refractivity contribution in [3.8, 4) is 0 Å². The van der Waals surface area contributed by atoms with E-state index < -0.39 is 97.5 Å². The van der Waals surface area contributed by atoms with Crippen molar-refractivity contribution in [1.82, 2.24) is 0 Å². The molecule has 0 amide bonds. The fourth-order valence-corrected chi connectivity index (χ4v) is 13.6. The Labute approximate surface area is 600 Å². The number of rotatable bonds is 76. The summed E-state index contributed by atoms with van der Waals surface area (Å²) in [5.74, 6) is 1.02. The monoisotopic (exact) mass is 1440 g/mol. The molecule has 0 heterocycles. The van der Waals surface area contributed by atoms with Gasteiger partial charge in [0, 0.05) is 25.7 Å². The van der Waals surface area contributed by atoms with Gasteiger partial charge in [0.1, 0.15) is 19.3 Å². The van der Waals surface area contributed by atoms with Gasteiger partial charge in [-0.15, -0.1) is 0 Å². The molecule has 0 saturated carbocycles. The van der Waals surface area contributed by atoms with Crippen LogP contribution in [0.5, 0.6) is 0 Å². The molecule has 7 atom stereocenters. The van der Waals surface area contributed by atoms with Crippen LogP contribution in [0.25, 0.3) is 0 Å². The van der Waals surface area contributed by atoms with Crippen molar-refractivity contribution >= 4 is 39.5 Å². The average Bonchev–Trinajstić information content (AvgIpc) is 0.955. The van der Waals surface area contributed by atoms with Gasteiger partial charge in [0.05, 0.1) is 26.4 Å². The molecule has 19 heteroatoms. The van der Waals surface area contributed by atoms with E-state index in [9.17, 15) is 43.2 Å². The summed E-state index contributed by atoms with van der Waals surface area (Å²) in [4.78, 5) is 73.0. The van der Waals surface area contributed by atoms with Crippen molar-refractivity contribution in [2.24, 2.45) is 23.7 Å². The normalized spacial score (nSPS) is 14.6. The van der Waals surface area contributed by atoms with Crippen LogP contribution in [0.4, 0.5) is 0 Å². The summed E-state index contributed by atoms with van der Waals surface area (Å²) < 4.78 is 68.7. The predicted octanol–water partition coefficient (Wildman–Crippen LogP) is 23.2. The Morgan fingerprint density at radius 2 is 0.490 bits per heavy atom. The van der Waals surface area contributed by atoms with Gasteiger partial charge in [-0.1, -0.05) is 351 Å². The number of esters is 4. The van der Waals surface area contributed by atoms with E-state index in [2.05, 4.69) is 55.4 Å². The number of aliphatic hydroxyl groups excluding tert-OH is 1. The van der Waals surface area contributed by atoms with Gasteiger partial charge in [-0.2, -0.15) is 0 Å². The van der Waals surface area contributed by atoms with E-state index in [4.69, 9.17) is 37.0 Å². The lowest BCUT2D eigenvalue weighted by Gasteiger charge is -2.21. The topological polar surface area (TPSA) is 237 Å². The van der Waals surface area contributed by atoms with E-state index >= 15 is 0 Å². The highest BCUT2D eigenvalue weighted by Crippen LogP contribution is 2.45. The second-order valence-electron chi connectivity index (χ2n) is 29.9. The lowest BCUT2D eigenvalue weighted by atomic mass is 9.99. The smallest absolute Gasteiger partial charge is 0.462 e. The maximum Gasteiger partial charge on any atom is 0.472 e. The molecule has 0 aromatic heterocycles. The van der Waals surface area contributed by atoms with E-state index in [1.165, 1.54) is 199 Å². The highest BCUT2D eigenvalue weighted by molar-refractivity contribution is 7.47. The standard InChI is InChI=1S/C79H154O17P2/c1-9-71(7)57-49-41-33-27-21-15-11-12-16-23-29-35-45-53-61-78(83)96-75(66-90-77(82)60-52-44-38-37-42-50-58-72(8)10-2)68-94-98(87,88)92-64-73(80)63-91-97(85,86)93-67-74(95-79(84)62-54-46-36-30-24-18-20-26-32-40-48-56-70(5)6)65-89-76(81)59-51-43-34-28-22-17-13-14-19-25-31-39-47-55-69(3)4/h69-75,80H,9-68H2,1-8H3,(H,85,86)(H,87,88)/t71?,72?,73-,74-,75-/m1/s1. The number of phosphoric acid groups is 2. The summed E-state index contributed by atoms with van der Waals surface area (Å²) in [5, 5.41) is 10.6. The minimum atomic E-state index is -4.96.